The van der Waals surface area contributed by atoms with E-state index in [2.05, 4.69) is 34.1 Å². The van der Waals surface area contributed by atoms with Gasteiger partial charge in [-0.3, -0.25) is 19.2 Å². The van der Waals surface area contributed by atoms with Gasteiger partial charge in [-0.2, -0.15) is 3.97 Å². The molecule has 0 radical (unpaired) electrons. The Labute approximate surface area is 290 Å². The molecule has 254 valence electrons. The number of ether oxygens (including phenoxy) is 1. The van der Waals surface area contributed by atoms with Gasteiger partial charge in [0.25, 0.3) is 15.9 Å². The maximum atomic E-state index is 14.6. The Bertz CT molecular complexity index is 2110. The molecule has 49 heavy (non-hydrogen) atoms. The van der Waals surface area contributed by atoms with Crippen molar-refractivity contribution >= 4 is 38.6 Å². The predicted octanol–water partition coefficient (Wildman–Crippen LogP) is 4.71. The molecule has 2 saturated heterocycles. The third kappa shape index (κ3) is 6.51. The lowest BCUT2D eigenvalue weighted by molar-refractivity contribution is -0.132. The summed E-state index contributed by atoms with van der Waals surface area (Å²) < 4.78 is 35.4. The first kappa shape index (κ1) is 33.1. The number of hydrogen-bond acceptors (Lipinski definition) is 7. The first-order valence-corrected chi connectivity index (χ1v) is 18.2. The van der Waals surface area contributed by atoms with Crippen molar-refractivity contribution in [3.63, 3.8) is 0 Å². The highest BCUT2D eigenvalue weighted by Crippen LogP contribution is 2.31. The number of imidazole rings is 1. The topological polar surface area (TPSA) is 97.1 Å². The second-order valence-corrected chi connectivity index (χ2v) is 14.8. The average molecular weight is 700 g/mol. The number of halogens is 1. The lowest BCUT2D eigenvalue weighted by atomic mass is 10.0. The molecule has 2 aliphatic rings. The molecule has 0 aliphatic carbocycles. The van der Waals surface area contributed by atoms with Gasteiger partial charge in [0, 0.05) is 56.9 Å². The van der Waals surface area contributed by atoms with Gasteiger partial charge in [0.2, 0.25) is 0 Å². The molecular weight excluding hydrogens is 662 g/mol. The number of rotatable bonds is 9. The molecule has 2 atom stereocenters. The zero-order valence-corrected chi connectivity index (χ0v) is 28.8. The molecule has 10 nitrogen and oxygen atoms in total. The van der Waals surface area contributed by atoms with E-state index in [9.17, 15) is 18.0 Å². The Morgan fingerprint density at radius 2 is 1.53 bits per heavy atom. The molecule has 5 aromatic rings. The standard InChI is InChI=1S/C37H38ClN5O5S/c1-48-31-13-15-32(16-14-31)49(46,47)43-33-17-12-29(38)24-34(33)42(37(43)45)35(28-10-6-3-7-11-28)36(44)41-19-18-30(26-41)40-22-20-39(21-23-40)25-27-8-4-2-5-9-27/h2-17,24,30,35H,18-23,25-26H2,1H3/t30-,35?/m0/s1. The molecule has 0 bridgehead atoms. The van der Waals surface area contributed by atoms with Crippen LogP contribution in [0.1, 0.15) is 23.6 Å². The van der Waals surface area contributed by atoms with E-state index < -0.39 is 21.8 Å². The van der Waals surface area contributed by atoms with Gasteiger partial charge in [-0.1, -0.05) is 72.3 Å². The largest absolute Gasteiger partial charge is 0.497 e. The third-order valence-corrected chi connectivity index (χ3v) is 11.6. The number of fused-ring (bicyclic) bond motifs is 1. The monoisotopic (exact) mass is 699 g/mol. The van der Waals surface area contributed by atoms with E-state index in [0.29, 0.717) is 29.4 Å². The molecule has 0 spiro atoms. The number of piperazine rings is 1. The van der Waals surface area contributed by atoms with Gasteiger partial charge in [0.15, 0.2) is 0 Å². The van der Waals surface area contributed by atoms with E-state index >= 15 is 0 Å². The molecule has 2 aliphatic heterocycles. The van der Waals surface area contributed by atoms with Crippen molar-refractivity contribution in [1.29, 1.82) is 0 Å². The molecule has 1 amide bonds. The molecule has 1 aromatic heterocycles. The van der Waals surface area contributed by atoms with Crippen molar-refractivity contribution < 1.29 is 17.9 Å². The van der Waals surface area contributed by atoms with Gasteiger partial charge >= 0.3 is 5.69 Å². The zero-order chi connectivity index (χ0) is 34.1. The van der Waals surface area contributed by atoms with E-state index in [0.717, 1.165) is 43.1 Å². The van der Waals surface area contributed by atoms with Crippen molar-refractivity contribution in [3.8, 4) is 5.75 Å². The minimum atomic E-state index is -4.37. The van der Waals surface area contributed by atoms with Crippen molar-refractivity contribution in [3.05, 3.63) is 130 Å². The maximum Gasteiger partial charge on any atom is 0.344 e. The van der Waals surface area contributed by atoms with E-state index in [1.165, 1.54) is 53.6 Å². The number of carbonyl (C=O) groups is 1. The smallest absolute Gasteiger partial charge is 0.344 e. The fourth-order valence-electron chi connectivity index (χ4n) is 7.08. The summed E-state index contributed by atoms with van der Waals surface area (Å²) in [6.07, 6.45) is 0.820. The van der Waals surface area contributed by atoms with Crippen LogP contribution in [0.3, 0.4) is 0 Å². The number of methoxy groups -OCH3 is 1. The first-order valence-electron chi connectivity index (χ1n) is 16.4. The zero-order valence-electron chi connectivity index (χ0n) is 27.2. The maximum absolute atomic E-state index is 14.6. The van der Waals surface area contributed by atoms with E-state index in [4.69, 9.17) is 16.3 Å². The molecule has 3 heterocycles. The second-order valence-electron chi connectivity index (χ2n) is 12.6. The van der Waals surface area contributed by atoms with Crippen LogP contribution < -0.4 is 10.4 Å². The highest BCUT2D eigenvalue weighted by atomic mass is 35.5. The van der Waals surface area contributed by atoms with Crippen LogP contribution in [0.15, 0.2) is 113 Å². The van der Waals surface area contributed by atoms with Crippen LogP contribution in [0.4, 0.5) is 0 Å². The summed E-state index contributed by atoms with van der Waals surface area (Å²) in [5.74, 6) is 0.215. The molecule has 4 aromatic carbocycles. The van der Waals surface area contributed by atoms with E-state index in [-0.39, 0.29) is 27.9 Å². The van der Waals surface area contributed by atoms with Crippen molar-refractivity contribution in [2.75, 3.05) is 46.4 Å². The van der Waals surface area contributed by atoms with Crippen LogP contribution in [0.5, 0.6) is 5.75 Å². The Morgan fingerprint density at radius 1 is 0.857 bits per heavy atom. The second kappa shape index (κ2) is 13.8. The number of benzene rings is 4. The summed E-state index contributed by atoms with van der Waals surface area (Å²) in [6.45, 7) is 5.71. The number of amides is 1. The SMILES string of the molecule is COc1ccc(S(=O)(=O)n2c(=O)n(C(C(=O)N3CC[C@H](N4CCN(Cc5ccccc5)CC4)C3)c3ccccc3)c3cc(Cl)ccc32)cc1. The lowest BCUT2D eigenvalue weighted by Gasteiger charge is -2.38. The third-order valence-electron chi connectivity index (χ3n) is 9.65. The van der Waals surface area contributed by atoms with Crippen LogP contribution in [0, 0.1) is 0 Å². The Hall–Kier alpha value is -4.42. The fourth-order valence-corrected chi connectivity index (χ4v) is 8.64. The Balaban J connectivity index is 1.20. The average Bonchev–Trinajstić information content (AvgIpc) is 3.73. The highest BCUT2D eigenvalue weighted by molar-refractivity contribution is 7.90. The van der Waals surface area contributed by atoms with Crippen molar-refractivity contribution in [1.82, 2.24) is 23.2 Å². The van der Waals surface area contributed by atoms with E-state index in [1.54, 1.807) is 18.2 Å². The van der Waals surface area contributed by atoms with Crippen LogP contribution in [0.25, 0.3) is 11.0 Å². The van der Waals surface area contributed by atoms with Crippen molar-refractivity contribution in [2.24, 2.45) is 0 Å². The summed E-state index contributed by atoms with van der Waals surface area (Å²) in [6, 6.07) is 29.0. The van der Waals surface area contributed by atoms with Crippen LogP contribution >= 0.6 is 11.6 Å². The summed E-state index contributed by atoms with van der Waals surface area (Å²) >= 11 is 6.44. The van der Waals surface area contributed by atoms with Crippen LogP contribution in [-0.4, -0.2) is 90.0 Å². The summed E-state index contributed by atoms with van der Waals surface area (Å²) in [7, 11) is -2.88. The van der Waals surface area contributed by atoms with Crippen molar-refractivity contribution in [2.45, 2.75) is 29.9 Å². The molecule has 0 N–H and O–H groups in total. The summed E-state index contributed by atoms with van der Waals surface area (Å²) in [4.78, 5) is 35.7. The van der Waals surface area contributed by atoms with Gasteiger partial charge in [-0.15, -0.1) is 0 Å². The van der Waals surface area contributed by atoms with Gasteiger partial charge in [0.1, 0.15) is 11.8 Å². The van der Waals surface area contributed by atoms with Gasteiger partial charge in [-0.05, 0) is 60.0 Å². The molecule has 2 fully saturated rings. The highest BCUT2D eigenvalue weighted by Gasteiger charge is 2.38. The molecule has 12 heteroatoms. The van der Waals surface area contributed by atoms with Gasteiger partial charge in [0.05, 0.1) is 23.0 Å². The summed E-state index contributed by atoms with van der Waals surface area (Å²) in [5.41, 5.74) is 1.41. The van der Waals surface area contributed by atoms with Gasteiger partial charge in [-0.25, -0.2) is 13.2 Å². The molecular formula is C37H38ClN5O5S. The predicted molar refractivity (Wildman–Crippen MR) is 190 cm³/mol. The number of aromatic nitrogens is 2. The Morgan fingerprint density at radius 3 is 2.20 bits per heavy atom. The number of nitrogens with zero attached hydrogens (tertiary/aromatic N) is 5. The minimum absolute atomic E-state index is 0.0850. The van der Waals surface area contributed by atoms with E-state index in [1.807, 2.05) is 29.2 Å². The molecule has 0 saturated carbocycles. The quantitative estimate of drug-likeness (QED) is 0.220. The molecule has 1 unspecified atom stereocenters. The van der Waals surface area contributed by atoms with Crippen LogP contribution in [-0.2, 0) is 21.4 Å². The first-order chi connectivity index (χ1) is 23.7. The number of hydrogen-bond donors (Lipinski definition) is 0. The normalized spacial score (nSPS) is 18.2. The lowest BCUT2D eigenvalue weighted by Crippen LogP contribution is -2.51. The minimum Gasteiger partial charge on any atom is -0.497 e. The number of likely N-dealkylation sites (tertiary alicyclic amines) is 1. The number of carbonyl (C=O) groups excluding carboxylic acids is 1. The van der Waals surface area contributed by atoms with Crippen LogP contribution in [0.2, 0.25) is 5.02 Å². The molecule has 7 rings (SSSR count). The summed E-state index contributed by atoms with van der Waals surface area (Å²) in [5, 5.41) is 0.312. The van der Waals surface area contributed by atoms with Gasteiger partial charge < -0.3 is 9.64 Å². The fraction of sp³-hybridized carbons (Fsp3) is 0.297. The Kier molecular flexibility index (Phi) is 9.34.